The lowest BCUT2D eigenvalue weighted by Gasteiger charge is -2.31. The average molecular weight is 308 g/mol. The summed E-state index contributed by atoms with van der Waals surface area (Å²) in [6.07, 6.45) is 8.48. The molecule has 0 bridgehead atoms. The zero-order valence-electron chi connectivity index (χ0n) is 13.8. The van der Waals surface area contributed by atoms with Crippen LogP contribution in [0.4, 0.5) is 0 Å². The molecule has 23 heavy (non-hydrogen) atoms. The van der Waals surface area contributed by atoms with Gasteiger partial charge in [-0.1, -0.05) is 37.5 Å². The Labute approximate surface area is 137 Å². The van der Waals surface area contributed by atoms with E-state index in [2.05, 4.69) is 6.07 Å². The Kier molecular flexibility index (Phi) is 3.80. The predicted octanol–water partition coefficient (Wildman–Crippen LogP) is 4.52. The topological polar surface area (TPSA) is 33.2 Å². The number of rotatable bonds is 3. The Bertz CT molecular complexity index is 729. The minimum absolute atomic E-state index is 0.164. The molecule has 120 valence electrons. The molecule has 3 heteroatoms. The van der Waals surface area contributed by atoms with Gasteiger partial charge in [0.05, 0.1) is 11.1 Å². The number of amides is 1. The first-order valence-electron chi connectivity index (χ1n) is 8.91. The summed E-state index contributed by atoms with van der Waals surface area (Å²) in [5.41, 5.74) is 2.90. The summed E-state index contributed by atoms with van der Waals surface area (Å²) in [7, 11) is 1.98. The molecule has 2 aliphatic carbocycles. The summed E-state index contributed by atoms with van der Waals surface area (Å²) in [6.45, 7) is 0. The van der Waals surface area contributed by atoms with Crippen LogP contribution in [0.15, 0.2) is 30.3 Å². The smallest absolute Gasteiger partial charge is 0.254 e. The number of hydrogen-bond acceptors (Lipinski definition) is 2. The van der Waals surface area contributed by atoms with Crippen molar-refractivity contribution in [3.05, 3.63) is 41.6 Å². The summed E-state index contributed by atoms with van der Waals surface area (Å²) < 4.78 is 0. The number of hydrogen-bond donors (Lipinski definition) is 0. The molecule has 0 radical (unpaired) electrons. The van der Waals surface area contributed by atoms with Crippen LogP contribution >= 0.6 is 0 Å². The molecule has 0 aliphatic heterocycles. The van der Waals surface area contributed by atoms with Crippen LogP contribution < -0.4 is 0 Å². The summed E-state index contributed by atoms with van der Waals surface area (Å²) in [5, 5.41) is 0.990. The molecule has 1 heterocycles. The van der Waals surface area contributed by atoms with Gasteiger partial charge in [-0.15, -0.1) is 0 Å². The number of aromatic nitrogens is 1. The standard InChI is InChI=1S/C20H24N2O/c1-22(15-7-3-2-4-8-15)20(23)17-13-19(14-11-12-14)21-18-10-6-5-9-16(17)18/h5-6,9-10,13-15H,2-4,7-8,11-12H2,1H3. The van der Waals surface area contributed by atoms with Gasteiger partial charge in [0.15, 0.2) is 0 Å². The van der Waals surface area contributed by atoms with Crippen LogP contribution in [0, 0.1) is 0 Å². The molecular weight excluding hydrogens is 284 g/mol. The van der Waals surface area contributed by atoms with Gasteiger partial charge in [-0.2, -0.15) is 0 Å². The van der Waals surface area contributed by atoms with Crippen molar-refractivity contribution >= 4 is 16.8 Å². The van der Waals surface area contributed by atoms with Gasteiger partial charge in [-0.25, -0.2) is 0 Å². The van der Waals surface area contributed by atoms with Crippen molar-refractivity contribution in [2.75, 3.05) is 7.05 Å². The molecule has 0 N–H and O–H groups in total. The molecule has 0 spiro atoms. The highest BCUT2D eigenvalue weighted by Crippen LogP contribution is 2.40. The van der Waals surface area contributed by atoms with Crippen LogP contribution in [0.1, 0.15) is 66.9 Å². The van der Waals surface area contributed by atoms with Gasteiger partial charge in [0.25, 0.3) is 5.91 Å². The van der Waals surface area contributed by atoms with Crippen LogP contribution in [0.2, 0.25) is 0 Å². The summed E-state index contributed by atoms with van der Waals surface area (Å²) in [5.74, 6) is 0.726. The fourth-order valence-electron chi connectivity index (χ4n) is 3.79. The van der Waals surface area contributed by atoms with Gasteiger partial charge in [0, 0.05) is 30.1 Å². The van der Waals surface area contributed by atoms with E-state index in [0.29, 0.717) is 12.0 Å². The molecule has 3 nitrogen and oxygen atoms in total. The summed E-state index contributed by atoms with van der Waals surface area (Å²) in [4.78, 5) is 19.9. The first-order chi connectivity index (χ1) is 11.2. The molecular formula is C20H24N2O. The SMILES string of the molecule is CN(C(=O)c1cc(C2CC2)nc2ccccc12)C1CCCCC1. The van der Waals surface area contributed by atoms with Crippen molar-refractivity contribution in [1.29, 1.82) is 0 Å². The number of carbonyl (C=O) groups is 1. The zero-order valence-corrected chi connectivity index (χ0v) is 13.8. The maximum Gasteiger partial charge on any atom is 0.254 e. The monoisotopic (exact) mass is 308 g/mol. The van der Waals surface area contributed by atoms with E-state index >= 15 is 0 Å². The lowest BCUT2D eigenvalue weighted by Crippen LogP contribution is -2.38. The lowest BCUT2D eigenvalue weighted by molar-refractivity contribution is 0.0698. The molecule has 1 aromatic heterocycles. The third-order valence-electron chi connectivity index (χ3n) is 5.40. The van der Waals surface area contributed by atoms with Crippen LogP contribution in [-0.2, 0) is 0 Å². The van der Waals surface area contributed by atoms with Gasteiger partial charge in [-0.05, 0) is 37.8 Å². The molecule has 4 rings (SSSR count). The van der Waals surface area contributed by atoms with E-state index in [9.17, 15) is 4.79 Å². The van der Waals surface area contributed by atoms with Crippen LogP contribution in [0.3, 0.4) is 0 Å². The van der Waals surface area contributed by atoms with Crippen molar-refractivity contribution in [3.63, 3.8) is 0 Å². The van der Waals surface area contributed by atoms with Crippen LogP contribution in [-0.4, -0.2) is 28.9 Å². The van der Waals surface area contributed by atoms with Crippen LogP contribution in [0.25, 0.3) is 10.9 Å². The number of carbonyl (C=O) groups excluding carboxylic acids is 1. The van der Waals surface area contributed by atoms with Gasteiger partial charge < -0.3 is 4.90 Å². The second kappa shape index (κ2) is 5.95. The second-order valence-electron chi connectivity index (χ2n) is 7.09. The van der Waals surface area contributed by atoms with Crippen molar-refractivity contribution < 1.29 is 4.79 Å². The number of pyridine rings is 1. The third-order valence-corrected chi connectivity index (χ3v) is 5.40. The lowest BCUT2D eigenvalue weighted by atomic mass is 9.93. The number of fused-ring (bicyclic) bond motifs is 1. The van der Waals surface area contributed by atoms with E-state index in [-0.39, 0.29) is 5.91 Å². The number of benzene rings is 1. The molecule has 2 aromatic rings. The Morgan fingerprint density at radius 3 is 2.57 bits per heavy atom. The quantitative estimate of drug-likeness (QED) is 0.835. The highest BCUT2D eigenvalue weighted by Gasteiger charge is 2.29. The third kappa shape index (κ3) is 2.85. The highest BCUT2D eigenvalue weighted by molar-refractivity contribution is 6.06. The summed E-state index contributed by atoms with van der Waals surface area (Å²) in [6, 6.07) is 10.5. The first-order valence-corrected chi connectivity index (χ1v) is 8.91. The van der Waals surface area contributed by atoms with E-state index < -0.39 is 0 Å². The van der Waals surface area contributed by atoms with Crippen molar-refractivity contribution in [3.8, 4) is 0 Å². The Morgan fingerprint density at radius 2 is 1.83 bits per heavy atom. The Morgan fingerprint density at radius 1 is 1.09 bits per heavy atom. The molecule has 0 saturated heterocycles. The fraction of sp³-hybridized carbons (Fsp3) is 0.500. The van der Waals surface area contributed by atoms with E-state index in [1.54, 1.807) is 0 Å². The molecule has 2 saturated carbocycles. The maximum atomic E-state index is 13.2. The largest absolute Gasteiger partial charge is 0.339 e. The summed E-state index contributed by atoms with van der Waals surface area (Å²) >= 11 is 0. The minimum Gasteiger partial charge on any atom is -0.339 e. The van der Waals surface area contributed by atoms with Crippen molar-refractivity contribution in [1.82, 2.24) is 9.88 Å². The molecule has 0 atom stereocenters. The van der Waals surface area contributed by atoms with E-state index in [1.165, 1.54) is 32.1 Å². The van der Waals surface area contributed by atoms with Crippen molar-refractivity contribution in [2.24, 2.45) is 0 Å². The van der Waals surface area contributed by atoms with E-state index in [4.69, 9.17) is 4.98 Å². The second-order valence-corrected chi connectivity index (χ2v) is 7.09. The first kappa shape index (κ1) is 14.7. The van der Waals surface area contributed by atoms with Crippen molar-refractivity contribution in [2.45, 2.75) is 56.9 Å². The van der Waals surface area contributed by atoms with Gasteiger partial charge in [0.2, 0.25) is 0 Å². The highest BCUT2D eigenvalue weighted by atomic mass is 16.2. The Balaban J connectivity index is 1.72. The van der Waals surface area contributed by atoms with Gasteiger partial charge in [0.1, 0.15) is 0 Å². The zero-order chi connectivity index (χ0) is 15.8. The minimum atomic E-state index is 0.164. The van der Waals surface area contributed by atoms with Gasteiger partial charge in [-0.3, -0.25) is 9.78 Å². The Hall–Kier alpha value is -1.90. The fourth-order valence-corrected chi connectivity index (χ4v) is 3.79. The van der Waals surface area contributed by atoms with E-state index in [1.807, 2.05) is 36.2 Å². The number of nitrogens with zero attached hydrogens (tertiary/aromatic N) is 2. The molecule has 2 aliphatic rings. The molecule has 0 unspecified atom stereocenters. The van der Waals surface area contributed by atoms with Gasteiger partial charge >= 0.3 is 0 Å². The predicted molar refractivity (Wildman–Crippen MR) is 92.7 cm³/mol. The van der Waals surface area contributed by atoms with Crippen LogP contribution in [0.5, 0.6) is 0 Å². The average Bonchev–Trinajstić information content (AvgIpc) is 3.45. The maximum absolute atomic E-state index is 13.2. The normalized spacial score (nSPS) is 19.0. The van der Waals surface area contributed by atoms with E-state index in [0.717, 1.165) is 35.0 Å². The molecule has 1 amide bonds. The molecule has 2 fully saturated rings. The number of para-hydroxylation sites is 1. The molecule has 1 aromatic carbocycles.